The summed E-state index contributed by atoms with van der Waals surface area (Å²) in [5.41, 5.74) is 3.22. The topological polar surface area (TPSA) is 63.1 Å². The largest absolute Gasteiger partial charge is 0.378 e. The van der Waals surface area contributed by atoms with Gasteiger partial charge in [-0.2, -0.15) is 0 Å². The maximum absolute atomic E-state index is 12.5. The van der Waals surface area contributed by atoms with E-state index in [-0.39, 0.29) is 5.91 Å². The number of aromatic nitrogens is 3. The summed E-state index contributed by atoms with van der Waals surface area (Å²) >= 11 is 0. The Morgan fingerprint density at radius 2 is 1.92 bits per heavy atom. The molecule has 0 aliphatic rings. The quantitative estimate of drug-likeness (QED) is 0.802. The number of anilines is 2. The first kappa shape index (κ1) is 15.7. The lowest BCUT2D eigenvalue weighted by molar-refractivity contribution is 0.102. The summed E-state index contributed by atoms with van der Waals surface area (Å²) in [7, 11) is 3.89. The molecule has 0 spiro atoms. The van der Waals surface area contributed by atoms with E-state index in [0.29, 0.717) is 5.56 Å². The van der Waals surface area contributed by atoms with Crippen molar-refractivity contribution in [3.8, 4) is 5.69 Å². The van der Waals surface area contributed by atoms with Gasteiger partial charge in [0.15, 0.2) is 0 Å². The fourth-order valence-corrected chi connectivity index (χ4v) is 2.41. The fraction of sp³-hybridized carbons (Fsp3) is 0.167. The van der Waals surface area contributed by atoms with Crippen molar-refractivity contribution >= 4 is 17.3 Å². The van der Waals surface area contributed by atoms with Crippen LogP contribution in [0.25, 0.3) is 5.69 Å². The first-order valence-electron chi connectivity index (χ1n) is 7.60. The van der Waals surface area contributed by atoms with Crippen molar-refractivity contribution in [1.82, 2.24) is 14.8 Å². The maximum Gasteiger partial charge on any atom is 0.255 e. The van der Waals surface area contributed by atoms with Gasteiger partial charge in [0.2, 0.25) is 0 Å². The Kier molecular flexibility index (Phi) is 4.29. The third-order valence-corrected chi connectivity index (χ3v) is 3.73. The average Bonchev–Trinajstić information content (AvgIpc) is 3.01. The highest BCUT2D eigenvalue weighted by Gasteiger charge is 2.09. The van der Waals surface area contributed by atoms with Crippen molar-refractivity contribution in [3.63, 3.8) is 0 Å². The molecule has 0 bridgehead atoms. The lowest BCUT2D eigenvalue weighted by Crippen LogP contribution is -2.14. The number of hydrogen-bond donors (Lipinski definition) is 1. The van der Waals surface area contributed by atoms with E-state index in [1.54, 1.807) is 12.4 Å². The number of carbonyl (C=O) groups is 1. The van der Waals surface area contributed by atoms with Crippen LogP contribution in [-0.4, -0.2) is 34.8 Å². The third kappa shape index (κ3) is 3.27. The maximum atomic E-state index is 12.5. The van der Waals surface area contributed by atoms with E-state index in [9.17, 15) is 4.79 Å². The molecule has 0 fully saturated rings. The summed E-state index contributed by atoms with van der Waals surface area (Å²) in [6.45, 7) is 1.88. The summed E-state index contributed by atoms with van der Waals surface area (Å²) in [5, 5.41) is 10.8. The molecule has 0 unspecified atom stereocenters. The average molecular weight is 321 g/mol. The second-order valence-corrected chi connectivity index (χ2v) is 5.70. The van der Waals surface area contributed by atoms with Crippen LogP contribution < -0.4 is 10.2 Å². The predicted octanol–water partition coefficient (Wildman–Crippen LogP) is 2.89. The minimum absolute atomic E-state index is 0.142. The van der Waals surface area contributed by atoms with E-state index in [2.05, 4.69) is 15.5 Å². The molecule has 6 nitrogen and oxygen atoms in total. The van der Waals surface area contributed by atoms with E-state index in [4.69, 9.17) is 0 Å². The van der Waals surface area contributed by atoms with E-state index < -0.39 is 0 Å². The van der Waals surface area contributed by atoms with Gasteiger partial charge in [-0.3, -0.25) is 9.36 Å². The van der Waals surface area contributed by atoms with Crippen LogP contribution in [0.15, 0.2) is 54.9 Å². The van der Waals surface area contributed by atoms with Gasteiger partial charge in [0, 0.05) is 31.0 Å². The van der Waals surface area contributed by atoms with Crippen molar-refractivity contribution in [1.29, 1.82) is 0 Å². The van der Waals surface area contributed by atoms with Crippen LogP contribution in [0.2, 0.25) is 0 Å². The number of hydrogen-bond acceptors (Lipinski definition) is 4. The highest BCUT2D eigenvalue weighted by atomic mass is 16.1. The molecule has 0 aliphatic heterocycles. The molecule has 0 radical (unpaired) electrons. The van der Waals surface area contributed by atoms with Crippen LogP contribution in [0.3, 0.4) is 0 Å². The van der Waals surface area contributed by atoms with Crippen molar-refractivity contribution in [2.75, 3.05) is 24.3 Å². The molecule has 3 rings (SSSR count). The summed E-state index contributed by atoms with van der Waals surface area (Å²) < 4.78 is 1.86. The summed E-state index contributed by atoms with van der Waals surface area (Å²) in [5.74, 6) is 0.647. The molecule has 24 heavy (non-hydrogen) atoms. The van der Waals surface area contributed by atoms with Gasteiger partial charge in [0.1, 0.15) is 12.2 Å². The molecule has 1 N–H and O–H groups in total. The molecule has 2 aromatic carbocycles. The Morgan fingerprint density at radius 1 is 1.12 bits per heavy atom. The van der Waals surface area contributed by atoms with Crippen molar-refractivity contribution in [3.05, 3.63) is 66.2 Å². The van der Waals surface area contributed by atoms with Gasteiger partial charge in [-0.25, -0.2) is 0 Å². The minimum atomic E-state index is -0.142. The molecule has 122 valence electrons. The first-order chi connectivity index (χ1) is 11.5. The zero-order chi connectivity index (χ0) is 17.1. The van der Waals surface area contributed by atoms with Crippen molar-refractivity contribution in [2.45, 2.75) is 6.92 Å². The number of nitrogens with zero attached hydrogens (tertiary/aromatic N) is 4. The van der Waals surface area contributed by atoms with Crippen LogP contribution in [0.1, 0.15) is 16.2 Å². The Balaban J connectivity index is 1.82. The van der Waals surface area contributed by atoms with E-state index >= 15 is 0 Å². The monoisotopic (exact) mass is 321 g/mol. The number of carbonyl (C=O) groups excluding carboxylic acids is 1. The summed E-state index contributed by atoms with van der Waals surface area (Å²) in [6, 6.07) is 15.1. The summed E-state index contributed by atoms with van der Waals surface area (Å²) in [4.78, 5) is 14.5. The Hall–Kier alpha value is -3.15. The van der Waals surface area contributed by atoms with Gasteiger partial charge in [-0.1, -0.05) is 12.1 Å². The Bertz CT molecular complexity index is 869. The minimum Gasteiger partial charge on any atom is -0.378 e. The van der Waals surface area contributed by atoms with Gasteiger partial charge in [0.05, 0.1) is 5.69 Å². The summed E-state index contributed by atoms with van der Waals surface area (Å²) in [6.07, 6.45) is 1.65. The molecule has 0 atom stereocenters. The number of rotatable bonds is 4. The predicted molar refractivity (Wildman–Crippen MR) is 94.8 cm³/mol. The van der Waals surface area contributed by atoms with Crippen LogP contribution in [0.4, 0.5) is 11.4 Å². The van der Waals surface area contributed by atoms with E-state index in [1.807, 2.05) is 73.0 Å². The highest BCUT2D eigenvalue weighted by molar-refractivity contribution is 6.04. The number of aryl methyl sites for hydroxylation is 1. The molecule has 1 amide bonds. The van der Waals surface area contributed by atoms with Gasteiger partial charge in [0.25, 0.3) is 5.91 Å². The first-order valence-corrected chi connectivity index (χ1v) is 7.60. The molecule has 6 heteroatoms. The fourth-order valence-electron chi connectivity index (χ4n) is 2.41. The zero-order valence-corrected chi connectivity index (χ0v) is 13.9. The lowest BCUT2D eigenvalue weighted by Gasteiger charge is -2.14. The molecule has 0 aliphatic carbocycles. The van der Waals surface area contributed by atoms with Crippen molar-refractivity contribution < 1.29 is 4.79 Å². The zero-order valence-electron chi connectivity index (χ0n) is 13.9. The molecule has 0 saturated heterocycles. The molecular weight excluding hydrogens is 302 g/mol. The highest BCUT2D eigenvalue weighted by Crippen LogP contribution is 2.18. The standard InChI is InChI=1S/C18H19N5O/c1-13-21-19-12-23(13)17-9-5-7-15(11-17)20-18(24)14-6-4-8-16(10-14)22(2)3/h4-12H,1-3H3,(H,20,24). The van der Waals surface area contributed by atoms with E-state index in [1.165, 1.54) is 0 Å². The van der Waals surface area contributed by atoms with Gasteiger partial charge in [-0.05, 0) is 43.3 Å². The van der Waals surface area contributed by atoms with Crippen molar-refractivity contribution in [2.24, 2.45) is 0 Å². The normalized spacial score (nSPS) is 10.5. The van der Waals surface area contributed by atoms with Crippen LogP contribution in [0, 0.1) is 6.92 Å². The lowest BCUT2D eigenvalue weighted by atomic mass is 10.1. The second kappa shape index (κ2) is 6.54. The van der Waals surface area contributed by atoms with Gasteiger partial charge in [-0.15, -0.1) is 10.2 Å². The molecule has 1 aromatic heterocycles. The number of nitrogens with one attached hydrogen (secondary N) is 1. The molecular formula is C18H19N5O. The number of amides is 1. The van der Waals surface area contributed by atoms with Crippen LogP contribution in [0.5, 0.6) is 0 Å². The Morgan fingerprint density at radius 3 is 2.62 bits per heavy atom. The molecule has 1 heterocycles. The van der Waals surface area contributed by atoms with Gasteiger partial charge < -0.3 is 10.2 Å². The SMILES string of the molecule is Cc1nncn1-c1cccc(NC(=O)c2cccc(N(C)C)c2)c1. The smallest absolute Gasteiger partial charge is 0.255 e. The van der Waals surface area contributed by atoms with Crippen LogP contribution >= 0.6 is 0 Å². The Labute approximate surface area is 140 Å². The molecule has 3 aromatic rings. The van der Waals surface area contributed by atoms with Gasteiger partial charge >= 0.3 is 0 Å². The molecule has 0 saturated carbocycles. The third-order valence-electron chi connectivity index (χ3n) is 3.73. The second-order valence-electron chi connectivity index (χ2n) is 5.70. The van der Waals surface area contributed by atoms with Crippen LogP contribution in [-0.2, 0) is 0 Å². The van der Waals surface area contributed by atoms with E-state index in [0.717, 1.165) is 22.9 Å². The number of benzene rings is 2.